The number of aliphatic carboxylic acids is 1. The van der Waals surface area contributed by atoms with Crippen LogP contribution in [0.15, 0.2) is 29.0 Å². The summed E-state index contributed by atoms with van der Waals surface area (Å²) < 4.78 is 5.32. The number of hydrogen-bond acceptors (Lipinski definition) is 5. The van der Waals surface area contributed by atoms with E-state index in [0.29, 0.717) is 11.5 Å². The minimum absolute atomic E-state index is 0.251. The molecule has 0 bridgehead atoms. The zero-order valence-electron chi connectivity index (χ0n) is 14.3. The van der Waals surface area contributed by atoms with Crippen molar-refractivity contribution in [3.63, 3.8) is 0 Å². The number of carbonyl (C=O) groups excluding carboxylic acids is 1. The van der Waals surface area contributed by atoms with Gasteiger partial charge in [-0.15, -0.1) is 0 Å². The van der Waals surface area contributed by atoms with Crippen molar-refractivity contribution >= 4 is 11.9 Å². The fourth-order valence-corrected chi connectivity index (χ4v) is 3.31. The van der Waals surface area contributed by atoms with E-state index >= 15 is 0 Å². The summed E-state index contributed by atoms with van der Waals surface area (Å²) in [5, 5.41) is 16.1. The normalized spacial score (nSPS) is 18.9. The van der Waals surface area contributed by atoms with Gasteiger partial charge < -0.3 is 14.9 Å². The summed E-state index contributed by atoms with van der Waals surface area (Å²) in [6.45, 7) is 3.81. The lowest BCUT2D eigenvalue weighted by Gasteiger charge is -2.29. The van der Waals surface area contributed by atoms with E-state index < -0.39 is 17.4 Å². The summed E-state index contributed by atoms with van der Waals surface area (Å²) in [4.78, 5) is 28.1. The Morgan fingerprint density at radius 2 is 2.12 bits per heavy atom. The van der Waals surface area contributed by atoms with Gasteiger partial charge in [-0.1, -0.05) is 12.1 Å². The minimum Gasteiger partial charge on any atom is -0.481 e. The van der Waals surface area contributed by atoms with Crippen molar-refractivity contribution in [2.45, 2.75) is 45.1 Å². The SMILES string of the molecule is CC1CCc2onc(C(=O)NC(C)(CC(=O)O)c3ccncc3)c2C1. The van der Waals surface area contributed by atoms with Gasteiger partial charge in [0.25, 0.3) is 5.91 Å². The smallest absolute Gasteiger partial charge is 0.306 e. The summed E-state index contributed by atoms with van der Waals surface area (Å²) >= 11 is 0. The first-order valence-corrected chi connectivity index (χ1v) is 8.31. The van der Waals surface area contributed by atoms with Crippen molar-refractivity contribution in [1.82, 2.24) is 15.5 Å². The van der Waals surface area contributed by atoms with Crippen LogP contribution < -0.4 is 5.32 Å². The van der Waals surface area contributed by atoms with E-state index in [1.54, 1.807) is 31.5 Å². The van der Waals surface area contributed by atoms with Gasteiger partial charge >= 0.3 is 5.97 Å². The van der Waals surface area contributed by atoms with Crippen LogP contribution in [-0.4, -0.2) is 27.1 Å². The quantitative estimate of drug-likeness (QED) is 0.863. The molecule has 25 heavy (non-hydrogen) atoms. The van der Waals surface area contributed by atoms with E-state index in [-0.39, 0.29) is 12.1 Å². The second-order valence-electron chi connectivity index (χ2n) is 6.87. The molecule has 2 atom stereocenters. The number of carboxylic acids is 1. The number of rotatable bonds is 5. The Balaban J connectivity index is 1.89. The van der Waals surface area contributed by atoms with Gasteiger partial charge in [0.1, 0.15) is 5.76 Å². The molecular weight excluding hydrogens is 322 g/mol. The number of nitrogens with zero attached hydrogens (tertiary/aromatic N) is 2. The standard InChI is InChI=1S/C18H21N3O4/c1-11-3-4-14-13(9-11)16(21-25-14)17(24)20-18(2,10-15(22)23)12-5-7-19-8-6-12/h5-8,11H,3-4,9-10H2,1-2H3,(H,20,24)(H,22,23). The fourth-order valence-electron chi connectivity index (χ4n) is 3.31. The van der Waals surface area contributed by atoms with Crippen LogP contribution in [0.25, 0.3) is 0 Å². The highest BCUT2D eigenvalue weighted by Crippen LogP contribution is 2.29. The maximum absolute atomic E-state index is 12.8. The molecule has 2 aromatic heterocycles. The third-order valence-corrected chi connectivity index (χ3v) is 4.71. The van der Waals surface area contributed by atoms with Crippen molar-refractivity contribution in [2.24, 2.45) is 5.92 Å². The molecule has 1 aliphatic carbocycles. The second-order valence-corrected chi connectivity index (χ2v) is 6.87. The Hall–Kier alpha value is -2.70. The lowest BCUT2D eigenvalue weighted by atomic mass is 9.87. The van der Waals surface area contributed by atoms with Crippen molar-refractivity contribution in [3.05, 3.63) is 47.1 Å². The maximum atomic E-state index is 12.8. The largest absolute Gasteiger partial charge is 0.481 e. The topological polar surface area (TPSA) is 105 Å². The van der Waals surface area contributed by atoms with Gasteiger partial charge in [-0.2, -0.15) is 0 Å². The molecule has 0 aliphatic heterocycles. The summed E-state index contributed by atoms with van der Waals surface area (Å²) in [5.41, 5.74) is 0.692. The summed E-state index contributed by atoms with van der Waals surface area (Å²) in [6.07, 6.45) is 5.42. The Morgan fingerprint density at radius 1 is 1.40 bits per heavy atom. The first-order valence-electron chi connectivity index (χ1n) is 8.31. The van der Waals surface area contributed by atoms with E-state index in [9.17, 15) is 14.7 Å². The molecule has 0 aromatic carbocycles. The van der Waals surface area contributed by atoms with Crippen LogP contribution in [0.2, 0.25) is 0 Å². The zero-order valence-corrected chi connectivity index (χ0v) is 14.3. The van der Waals surface area contributed by atoms with Crippen LogP contribution >= 0.6 is 0 Å². The average Bonchev–Trinajstić information content (AvgIpc) is 2.98. The van der Waals surface area contributed by atoms with E-state index in [4.69, 9.17) is 4.52 Å². The molecule has 2 N–H and O–H groups in total. The molecule has 7 heteroatoms. The van der Waals surface area contributed by atoms with E-state index in [2.05, 4.69) is 22.4 Å². The summed E-state index contributed by atoms with van der Waals surface area (Å²) in [6, 6.07) is 3.40. The highest BCUT2D eigenvalue weighted by atomic mass is 16.5. The molecule has 3 rings (SSSR count). The first-order chi connectivity index (χ1) is 11.9. The van der Waals surface area contributed by atoms with Gasteiger partial charge in [-0.05, 0) is 43.4 Å². The monoisotopic (exact) mass is 343 g/mol. The molecule has 1 amide bonds. The summed E-state index contributed by atoms with van der Waals surface area (Å²) in [7, 11) is 0. The summed E-state index contributed by atoms with van der Waals surface area (Å²) in [5.74, 6) is -0.203. The lowest BCUT2D eigenvalue weighted by Crippen LogP contribution is -2.45. The van der Waals surface area contributed by atoms with Gasteiger partial charge in [0.15, 0.2) is 5.69 Å². The van der Waals surface area contributed by atoms with Crippen LogP contribution in [-0.2, 0) is 23.2 Å². The number of nitrogens with one attached hydrogen (secondary N) is 1. The highest BCUT2D eigenvalue weighted by Gasteiger charge is 2.34. The van der Waals surface area contributed by atoms with Crippen LogP contribution in [0.3, 0.4) is 0 Å². The molecule has 7 nitrogen and oxygen atoms in total. The molecule has 2 unspecified atom stereocenters. The van der Waals surface area contributed by atoms with Gasteiger partial charge in [-0.25, -0.2) is 0 Å². The van der Waals surface area contributed by atoms with Crippen molar-refractivity contribution in [1.29, 1.82) is 0 Å². The first kappa shape index (κ1) is 17.1. The molecular formula is C18H21N3O4. The van der Waals surface area contributed by atoms with Crippen LogP contribution in [0.1, 0.15) is 54.1 Å². The highest BCUT2D eigenvalue weighted by molar-refractivity contribution is 5.94. The number of aryl methyl sites for hydroxylation is 1. The van der Waals surface area contributed by atoms with E-state index in [1.165, 1.54) is 0 Å². The zero-order chi connectivity index (χ0) is 18.0. The Labute approximate surface area is 145 Å². The number of hydrogen-bond donors (Lipinski definition) is 2. The molecule has 0 saturated heterocycles. The number of aromatic nitrogens is 2. The average molecular weight is 343 g/mol. The van der Waals surface area contributed by atoms with Gasteiger partial charge in [0, 0.05) is 24.4 Å². The Morgan fingerprint density at radius 3 is 2.80 bits per heavy atom. The third-order valence-electron chi connectivity index (χ3n) is 4.71. The number of pyridine rings is 1. The van der Waals surface area contributed by atoms with Crippen LogP contribution in [0.5, 0.6) is 0 Å². The second kappa shape index (κ2) is 6.66. The number of carbonyl (C=O) groups is 2. The van der Waals surface area contributed by atoms with Gasteiger partial charge in [0.2, 0.25) is 0 Å². The molecule has 2 heterocycles. The van der Waals surface area contributed by atoms with Crippen molar-refractivity contribution in [3.8, 4) is 0 Å². The fraction of sp³-hybridized carbons (Fsp3) is 0.444. The van der Waals surface area contributed by atoms with Crippen LogP contribution in [0, 0.1) is 5.92 Å². The van der Waals surface area contributed by atoms with E-state index in [1.807, 2.05) is 0 Å². The maximum Gasteiger partial charge on any atom is 0.306 e. The molecule has 0 spiro atoms. The van der Waals surface area contributed by atoms with Crippen LogP contribution in [0.4, 0.5) is 0 Å². The van der Waals surface area contributed by atoms with Gasteiger partial charge in [-0.3, -0.25) is 14.6 Å². The molecule has 1 aliphatic rings. The number of carboxylic acid groups (broad SMARTS) is 1. The Kier molecular flexibility index (Phi) is 4.57. The molecule has 132 valence electrons. The lowest BCUT2D eigenvalue weighted by molar-refractivity contribution is -0.138. The van der Waals surface area contributed by atoms with E-state index in [0.717, 1.165) is 30.6 Å². The molecule has 0 saturated carbocycles. The predicted octanol–water partition coefficient (Wildman–Crippen LogP) is 2.31. The number of amides is 1. The molecule has 2 aromatic rings. The predicted molar refractivity (Wildman–Crippen MR) is 89.0 cm³/mol. The molecule has 0 fully saturated rings. The van der Waals surface area contributed by atoms with Crippen molar-refractivity contribution < 1.29 is 19.2 Å². The minimum atomic E-state index is -1.07. The number of fused-ring (bicyclic) bond motifs is 1. The van der Waals surface area contributed by atoms with Gasteiger partial charge in [0.05, 0.1) is 12.0 Å². The third kappa shape index (κ3) is 3.55. The molecule has 0 radical (unpaired) electrons. The van der Waals surface area contributed by atoms with Crippen molar-refractivity contribution in [2.75, 3.05) is 0 Å². The Bertz CT molecular complexity index is 787.